The summed E-state index contributed by atoms with van der Waals surface area (Å²) in [5.41, 5.74) is -0.235. The van der Waals surface area contributed by atoms with Crippen LogP contribution in [0, 0.1) is 16.7 Å². The first-order chi connectivity index (χ1) is 9.24. The summed E-state index contributed by atoms with van der Waals surface area (Å²) in [7, 11) is 0. The lowest BCUT2D eigenvalue weighted by Gasteiger charge is -2.38. The molecular weight excluding hydrogens is 256 g/mol. The van der Waals surface area contributed by atoms with Gasteiger partial charge in [-0.15, -0.1) is 0 Å². The van der Waals surface area contributed by atoms with Gasteiger partial charge in [0.1, 0.15) is 0 Å². The molecule has 20 heavy (non-hydrogen) atoms. The summed E-state index contributed by atoms with van der Waals surface area (Å²) >= 11 is 0. The Morgan fingerprint density at radius 2 is 1.80 bits per heavy atom. The first kappa shape index (κ1) is 17.4. The zero-order chi connectivity index (χ0) is 15.4. The fourth-order valence-electron chi connectivity index (χ4n) is 3.15. The average molecular weight is 286 g/mol. The van der Waals surface area contributed by atoms with Crippen molar-refractivity contribution in [3.63, 3.8) is 0 Å². The maximum Gasteiger partial charge on any atom is 0.309 e. The van der Waals surface area contributed by atoms with E-state index in [-0.39, 0.29) is 29.0 Å². The van der Waals surface area contributed by atoms with Gasteiger partial charge in [0.05, 0.1) is 12.5 Å². The first-order valence-electron chi connectivity index (χ1n) is 7.73. The molecule has 1 fully saturated rings. The summed E-state index contributed by atoms with van der Waals surface area (Å²) < 4.78 is 5.28. The topological polar surface area (TPSA) is 51.4 Å². The van der Waals surface area contributed by atoms with Gasteiger partial charge in [-0.3, -0.25) is 4.79 Å². The normalized spacial score (nSPS) is 17.9. The van der Waals surface area contributed by atoms with Gasteiger partial charge < -0.3 is 4.74 Å². The summed E-state index contributed by atoms with van der Waals surface area (Å²) in [6, 6.07) is 0. The third-order valence-electron chi connectivity index (χ3n) is 4.10. The SMILES string of the molecule is CCCCC(C(=O)OCC)C(C)(C)CC(C)(C)C1OO1. The maximum absolute atomic E-state index is 12.3. The third kappa shape index (κ3) is 4.74. The van der Waals surface area contributed by atoms with Crippen LogP contribution in [0.5, 0.6) is 0 Å². The summed E-state index contributed by atoms with van der Waals surface area (Å²) in [5, 5.41) is 0. The molecule has 1 atom stereocenters. The molecule has 1 heterocycles. The van der Waals surface area contributed by atoms with Crippen molar-refractivity contribution in [2.24, 2.45) is 16.7 Å². The predicted molar refractivity (Wildman–Crippen MR) is 77.8 cm³/mol. The molecule has 0 aliphatic carbocycles. The van der Waals surface area contributed by atoms with Crippen molar-refractivity contribution < 1.29 is 19.3 Å². The highest BCUT2D eigenvalue weighted by Crippen LogP contribution is 2.47. The van der Waals surface area contributed by atoms with Gasteiger partial charge in [0.25, 0.3) is 0 Å². The van der Waals surface area contributed by atoms with E-state index in [9.17, 15) is 4.79 Å². The highest BCUT2D eigenvalue weighted by Gasteiger charge is 2.48. The van der Waals surface area contributed by atoms with Crippen LogP contribution in [0.25, 0.3) is 0 Å². The minimum Gasteiger partial charge on any atom is -0.466 e. The zero-order valence-electron chi connectivity index (χ0n) is 13.8. The molecule has 0 amide bonds. The maximum atomic E-state index is 12.3. The monoisotopic (exact) mass is 286 g/mol. The van der Waals surface area contributed by atoms with E-state index in [2.05, 4.69) is 34.6 Å². The van der Waals surface area contributed by atoms with Crippen LogP contribution in [0.2, 0.25) is 0 Å². The molecular formula is C16H30O4. The number of hydrogen-bond acceptors (Lipinski definition) is 4. The Balaban J connectivity index is 2.76. The Labute approximate surface area is 123 Å². The number of ether oxygens (including phenoxy) is 1. The van der Waals surface area contributed by atoms with E-state index in [1.807, 2.05) is 6.92 Å². The Hall–Kier alpha value is -0.610. The molecule has 1 rings (SSSR count). The smallest absolute Gasteiger partial charge is 0.309 e. The standard InChI is InChI=1S/C16H30O4/c1-7-9-10-12(13(17)18-8-2)15(3,4)11-16(5,6)14-19-20-14/h12,14H,7-11H2,1-6H3. The lowest BCUT2D eigenvalue weighted by atomic mass is 9.67. The van der Waals surface area contributed by atoms with Gasteiger partial charge in [-0.05, 0) is 25.2 Å². The lowest BCUT2D eigenvalue weighted by molar-refractivity contribution is -0.153. The molecule has 0 bridgehead atoms. The number of carbonyl (C=O) groups excluding carboxylic acids is 1. The molecule has 0 aromatic carbocycles. The third-order valence-corrected chi connectivity index (χ3v) is 4.10. The lowest BCUT2D eigenvalue weighted by Crippen LogP contribution is -2.37. The number of carbonyl (C=O) groups is 1. The highest BCUT2D eigenvalue weighted by molar-refractivity contribution is 5.73. The number of esters is 1. The molecule has 4 nitrogen and oxygen atoms in total. The van der Waals surface area contributed by atoms with E-state index >= 15 is 0 Å². The van der Waals surface area contributed by atoms with Crippen LogP contribution in [0.4, 0.5) is 0 Å². The Morgan fingerprint density at radius 1 is 1.20 bits per heavy atom. The Morgan fingerprint density at radius 3 is 2.25 bits per heavy atom. The van der Waals surface area contributed by atoms with Crippen molar-refractivity contribution in [3.05, 3.63) is 0 Å². The van der Waals surface area contributed by atoms with Crippen molar-refractivity contribution >= 4 is 5.97 Å². The number of hydrogen-bond donors (Lipinski definition) is 0. The summed E-state index contributed by atoms with van der Waals surface area (Å²) in [5.74, 6) is -0.139. The number of unbranched alkanes of at least 4 members (excludes halogenated alkanes) is 1. The van der Waals surface area contributed by atoms with Crippen LogP contribution < -0.4 is 0 Å². The van der Waals surface area contributed by atoms with Crippen LogP contribution >= 0.6 is 0 Å². The second-order valence-corrected chi connectivity index (χ2v) is 7.13. The van der Waals surface area contributed by atoms with Gasteiger partial charge in [-0.25, -0.2) is 0 Å². The average Bonchev–Trinajstić information content (AvgIpc) is 3.11. The van der Waals surface area contributed by atoms with Crippen LogP contribution in [0.1, 0.15) is 67.2 Å². The van der Waals surface area contributed by atoms with Gasteiger partial charge >= 0.3 is 5.97 Å². The second kappa shape index (κ2) is 6.90. The van der Waals surface area contributed by atoms with Crippen molar-refractivity contribution in [2.75, 3.05) is 6.61 Å². The van der Waals surface area contributed by atoms with Crippen molar-refractivity contribution in [1.82, 2.24) is 0 Å². The van der Waals surface area contributed by atoms with Gasteiger partial charge in [0.2, 0.25) is 6.29 Å². The minimum absolute atomic E-state index is 0.0691. The fraction of sp³-hybridized carbons (Fsp3) is 0.938. The molecule has 0 saturated carbocycles. The zero-order valence-corrected chi connectivity index (χ0v) is 13.8. The second-order valence-electron chi connectivity index (χ2n) is 7.13. The van der Waals surface area contributed by atoms with Crippen molar-refractivity contribution in [3.8, 4) is 0 Å². The Kier molecular flexibility index (Phi) is 6.02. The largest absolute Gasteiger partial charge is 0.466 e. The molecule has 0 radical (unpaired) electrons. The molecule has 1 aliphatic rings. The number of rotatable bonds is 9. The van der Waals surface area contributed by atoms with Crippen LogP contribution in [-0.2, 0) is 19.3 Å². The molecule has 0 spiro atoms. The molecule has 0 N–H and O–H groups in total. The quantitative estimate of drug-likeness (QED) is 0.364. The van der Waals surface area contributed by atoms with Crippen LogP contribution in [0.3, 0.4) is 0 Å². The molecule has 1 unspecified atom stereocenters. The fourth-order valence-corrected chi connectivity index (χ4v) is 3.15. The summed E-state index contributed by atoms with van der Waals surface area (Å²) in [4.78, 5) is 22.2. The molecule has 4 heteroatoms. The van der Waals surface area contributed by atoms with E-state index in [1.165, 1.54) is 0 Å². The van der Waals surface area contributed by atoms with E-state index in [1.54, 1.807) is 0 Å². The molecule has 118 valence electrons. The van der Waals surface area contributed by atoms with E-state index in [4.69, 9.17) is 14.5 Å². The predicted octanol–water partition coefficient (Wildman–Crippen LogP) is 4.09. The van der Waals surface area contributed by atoms with E-state index < -0.39 is 0 Å². The van der Waals surface area contributed by atoms with Gasteiger partial charge in [-0.1, -0.05) is 47.5 Å². The van der Waals surface area contributed by atoms with Gasteiger partial charge in [0.15, 0.2) is 0 Å². The summed E-state index contributed by atoms with van der Waals surface area (Å²) in [6.07, 6.45) is 3.73. The van der Waals surface area contributed by atoms with E-state index in [0.29, 0.717) is 6.61 Å². The Bertz CT molecular complexity index is 318. The van der Waals surface area contributed by atoms with Gasteiger partial charge in [-0.2, -0.15) is 9.78 Å². The van der Waals surface area contributed by atoms with E-state index in [0.717, 1.165) is 25.7 Å². The highest BCUT2D eigenvalue weighted by atomic mass is 17.4. The van der Waals surface area contributed by atoms with Crippen molar-refractivity contribution in [1.29, 1.82) is 0 Å². The van der Waals surface area contributed by atoms with Gasteiger partial charge in [0, 0.05) is 5.41 Å². The first-order valence-corrected chi connectivity index (χ1v) is 7.73. The van der Waals surface area contributed by atoms with Crippen LogP contribution in [0.15, 0.2) is 0 Å². The molecule has 1 saturated heterocycles. The van der Waals surface area contributed by atoms with Crippen molar-refractivity contribution in [2.45, 2.75) is 73.5 Å². The summed E-state index contributed by atoms with van der Waals surface area (Å²) in [6.45, 7) is 13.0. The van der Waals surface area contributed by atoms with Crippen LogP contribution in [-0.4, -0.2) is 18.9 Å². The minimum atomic E-state index is -0.143. The molecule has 0 aromatic heterocycles. The molecule has 1 aliphatic heterocycles. The molecule has 0 aromatic rings.